The van der Waals surface area contributed by atoms with Crippen LogP contribution in [0.3, 0.4) is 0 Å². The van der Waals surface area contributed by atoms with Crippen molar-refractivity contribution in [1.29, 1.82) is 0 Å². The van der Waals surface area contributed by atoms with E-state index < -0.39 is 0 Å². The summed E-state index contributed by atoms with van der Waals surface area (Å²) in [5.41, 5.74) is 4.05. The number of para-hydroxylation sites is 1. The highest BCUT2D eigenvalue weighted by Gasteiger charge is 2.22. The smallest absolute Gasteiger partial charge is 0.259 e. The number of hydrogen-bond acceptors (Lipinski definition) is 4. The van der Waals surface area contributed by atoms with Crippen LogP contribution < -0.4 is 5.56 Å². The molecule has 7 nitrogen and oxygen atoms in total. The molecule has 1 amide bonds. The molecule has 1 N–H and O–H groups in total. The molecule has 0 saturated heterocycles. The highest BCUT2D eigenvalue weighted by Crippen LogP contribution is 2.19. The monoisotopic (exact) mass is 423 g/mol. The van der Waals surface area contributed by atoms with Crippen LogP contribution in [-0.2, 0) is 13.1 Å². The van der Waals surface area contributed by atoms with Gasteiger partial charge in [-0.25, -0.2) is 4.52 Å². The molecule has 0 spiro atoms. The summed E-state index contributed by atoms with van der Waals surface area (Å²) >= 11 is 0. The Bertz CT molecular complexity index is 1490. The molecule has 7 heteroatoms. The minimum Gasteiger partial charge on any atom is -0.328 e. The van der Waals surface area contributed by atoms with E-state index in [0.717, 1.165) is 16.8 Å². The van der Waals surface area contributed by atoms with Gasteiger partial charge in [0.2, 0.25) is 0 Å². The number of nitrogens with one attached hydrogen (secondary N) is 1. The average Bonchev–Trinajstić information content (AvgIpc) is 3.23. The molecule has 0 atom stereocenters. The van der Waals surface area contributed by atoms with Crippen LogP contribution in [0.2, 0.25) is 0 Å². The first kappa shape index (κ1) is 19.7. The number of hydrogen-bond donors (Lipinski definition) is 1. The topological polar surface area (TPSA) is 83.4 Å². The molecule has 0 aliphatic rings. The first-order chi connectivity index (χ1) is 15.6. The second-order valence-electron chi connectivity index (χ2n) is 7.76. The van der Waals surface area contributed by atoms with Gasteiger partial charge in [-0.3, -0.25) is 14.6 Å². The molecule has 5 aromatic rings. The molecular weight excluding hydrogens is 402 g/mol. The Morgan fingerprint density at radius 2 is 1.88 bits per heavy atom. The maximum Gasteiger partial charge on any atom is 0.259 e. The Morgan fingerprint density at radius 1 is 1.03 bits per heavy atom. The molecule has 0 unspecified atom stereocenters. The van der Waals surface area contributed by atoms with Crippen molar-refractivity contribution in [2.24, 2.45) is 0 Å². The van der Waals surface area contributed by atoms with E-state index in [2.05, 4.69) is 21.1 Å². The molecule has 0 bridgehead atoms. The van der Waals surface area contributed by atoms with Gasteiger partial charge in [0.1, 0.15) is 11.2 Å². The van der Waals surface area contributed by atoms with Gasteiger partial charge in [-0.2, -0.15) is 5.10 Å². The number of rotatable bonds is 5. The molecule has 5 rings (SSSR count). The van der Waals surface area contributed by atoms with Gasteiger partial charge in [0.05, 0.1) is 29.3 Å². The molecule has 2 aromatic carbocycles. The average molecular weight is 423 g/mol. The third-order valence-corrected chi connectivity index (χ3v) is 5.43. The fraction of sp³-hybridized carbons (Fsp3) is 0.120. The van der Waals surface area contributed by atoms with Gasteiger partial charge in [0.25, 0.3) is 11.5 Å². The van der Waals surface area contributed by atoms with Crippen molar-refractivity contribution in [3.05, 3.63) is 112 Å². The number of carbonyl (C=O) groups excluding carboxylic acids is 1. The van der Waals surface area contributed by atoms with Gasteiger partial charge in [-0.1, -0.05) is 48.0 Å². The Morgan fingerprint density at radius 3 is 2.69 bits per heavy atom. The Hall–Kier alpha value is -4.26. The largest absolute Gasteiger partial charge is 0.328 e. The highest BCUT2D eigenvalue weighted by molar-refractivity contribution is 6.00. The van der Waals surface area contributed by atoms with E-state index >= 15 is 0 Å². The number of aryl methyl sites for hydroxylation is 1. The summed E-state index contributed by atoms with van der Waals surface area (Å²) in [5.74, 6) is -0.224. The molecule has 0 aliphatic carbocycles. The van der Waals surface area contributed by atoms with Crippen LogP contribution in [0, 0.1) is 6.92 Å². The van der Waals surface area contributed by atoms with Gasteiger partial charge in [-0.05, 0) is 36.8 Å². The van der Waals surface area contributed by atoms with E-state index in [1.54, 1.807) is 27.7 Å². The number of aromatic nitrogens is 4. The number of fused-ring (bicyclic) bond motifs is 3. The fourth-order valence-electron chi connectivity index (χ4n) is 3.92. The number of aromatic amines is 1. The van der Waals surface area contributed by atoms with E-state index in [1.807, 2.05) is 55.5 Å². The number of amides is 1. The lowest BCUT2D eigenvalue weighted by Gasteiger charge is -2.22. The van der Waals surface area contributed by atoms with Crippen LogP contribution in [0.15, 0.2) is 83.9 Å². The quantitative estimate of drug-likeness (QED) is 0.467. The number of nitrogens with zero attached hydrogens (tertiary/aromatic N) is 4. The zero-order valence-corrected chi connectivity index (χ0v) is 17.5. The summed E-state index contributed by atoms with van der Waals surface area (Å²) in [6.07, 6.45) is 3.23. The molecule has 0 radical (unpaired) electrons. The molecule has 0 aliphatic heterocycles. The number of benzene rings is 2. The summed E-state index contributed by atoms with van der Waals surface area (Å²) < 4.78 is 1.61. The molecule has 32 heavy (non-hydrogen) atoms. The van der Waals surface area contributed by atoms with Gasteiger partial charge in [0, 0.05) is 12.7 Å². The van der Waals surface area contributed by atoms with Gasteiger partial charge in [0.15, 0.2) is 0 Å². The number of H-pyrrole nitrogens is 1. The van der Waals surface area contributed by atoms with Gasteiger partial charge >= 0.3 is 0 Å². The lowest BCUT2D eigenvalue weighted by Crippen LogP contribution is -2.30. The van der Waals surface area contributed by atoms with Crippen molar-refractivity contribution in [2.45, 2.75) is 20.0 Å². The first-order valence-electron chi connectivity index (χ1n) is 10.3. The van der Waals surface area contributed by atoms with Crippen molar-refractivity contribution in [2.75, 3.05) is 0 Å². The van der Waals surface area contributed by atoms with Gasteiger partial charge in [-0.15, -0.1) is 0 Å². The summed E-state index contributed by atoms with van der Waals surface area (Å²) in [4.78, 5) is 35.3. The maximum absolute atomic E-state index is 13.7. The van der Waals surface area contributed by atoms with E-state index in [-0.39, 0.29) is 11.5 Å². The third kappa shape index (κ3) is 3.65. The predicted molar refractivity (Wildman–Crippen MR) is 122 cm³/mol. The van der Waals surface area contributed by atoms with Crippen molar-refractivity contribution in [3.63, 3.8) is 0 Å². The van der Waals surface area contributed by atoms with Crippen LogP contribution in [0.25, 0.3) is 16.6 Å². The lowest BCUT2D eigenvalue weighted by atomic mass is 10.1. The first-order valence-corrected chi connectivity index (χ1v) is 10.3. The molecule has 158 valence electrons. The van der Waals surface area contributed by atoms with E-state index in [4.69, 9.17) is 0 Å². The normalized spacial score (nSPS) is 11.2. The van der Waals surface area contributed by atoms with E-state index in [0.29, 0.717) is 35.2 Å². The zero-order valence-electron chi connectivity index (χ0n) is 17.5. The van der Waals surface area contributed by atoms with Crippen molar-refractivity contribution >= 4 is 22.5 Å². The number of carbonyl (C=O) groups is 1. The van der Waals surface area contributed by atoms with E-state index in [1.165, 1.54) is 6.20 Å². The third-order valence-electron chi connectivity index (χ3n) is 5.43. The summed E-state index contributed by atoms with van der Waals surface area (Å²) in [6, 6.07) is 20.9. The fourth-order valence-corrected chi connectivity index (χ4v) is 3.92. The Labute approximate surface area is 184 Å². The van der Waals surface area contributed by atoms with Crippen molar-refractivity contribution in [1.82, 2.24) is 24.5 Å². The molecule has 3 heterocycles. The zero-order chi connectivity index (χ0) is 22.1. The van der Waals surface area contributed by atoms with Crippen molar-refractivity contribution in [3.8, 4) is 0 Å². The lowest BCUT2D eigenvalue weighted by molar-refractivity contribution is 0.0729. The Kier molecular flexibility index (Phi) is 4.99. The molecular formula is C25H21N5O2. The minimum atomic E-state index is -0.252. The maximum atomic E-state index is 13.7. The molecule has 0 saturated carbocycles. The van der Waals surface area contributed by atoms with Crippen LogP contribution >= 0.6 is 0 Å². The summed E-state index contributed by atoms with van der Waals surface area (Å²) in [5, 5.41) is 4.92. The molecule has 3 aromatic heterocycles. The summed E-state index contributed by atoms with van der Waals surface area (Å²) in [7, 11) is 0. The SMILES string of the molecule is Cc1cccc(CN(Cc2ccccn2)C(=O)c2cnn3c2[nH]c(=O)c2ccccc23)c1. The Balaban J connectivity index is 1.58. The number of pyridine rings is 1. The van der Waals surface area contributed by atoms with Crippen LogP contribution in [0.1, 0.15) is 27.2 Å². The van der Waals surface area contributed by atoms with Crippen LogP contribution in [-0.4, -0.2) is 30.4 Å². The summed E-state index contributed by atoms with van der Waals surface area (Å²) in [6.45, 7) is 2.77. The second kappa shape index (κ2) is 8.11. The van der Waals surface area contributed by atoms with Gasteiger partial charge < -0.3 is 9.88 Å². The van der Waals surface area contributed by atoms with Crippen LogP contribution in [0.4, 0.5) is 0 Å². The minimum absolute atomic E-state index is 0.224. The molecule has 0 fully saturated rings. The standard InChI is InChI=1S/C25H21N5O2/c1-17-7-6-8-18(13-17)15-29(16-19-9-4-5-12-26-19)25(32)21-14-27-30-22-11-3-2-10-20(22)24(31)28-23(21)30/h2-14H,15-16H2,1H3,(H,28,31). The highest BCUT2D eigenvalue weighted by atomic mass is 16.2. The van der Waals surface area contributed by atoms with E-state index in [9.17, 15) is 9.59 Å². The van der Waals surface area contributed by atoms with Crippen LogP contribution in [0.5, 0.6) is 0 Å². The van der Waals surface area contributed by atoms with Crippen molar-refractivity contribution < 1.29 is 4.79 Å². The second-order valence-corrected chi connectivity index (χ2v) is 7.76. The predicted octanol–water partition coefficient (Wildman–Crippen LogP) is 3.72.